The zero-order chi connectivity index (χ0) is 15.5. The smallest absolute Gasteiger partial charge is 0.235 e. The Bertz CT molecular complexity index is 573. The van der Waals surface area contributed by atoms with Gasteiger partial charge in [-0.05, 0) is 30.9 Å². The van der Waals surface area contributed by atoms with Gasteiger partial charge in [0.2, 0.25) is 6.08 Å². The molecule has 0 atom stereocenters. The molecule has 21 heavy (non-hydrogen) atoms. The number of halogens is 1. The van der Waals surface area contributed by atoms with Crippen molar-refractivity contribution in [1.29, 1.82) is 0 Å². The number of hydrogen-bond donors (Lipinski definition) is 0. The van der Waals surface area contributed by atoms with Crippen molar-refractivity contribution in [3.05, 3.63) is 22.2 Å². The number of aryl methyl sites for hydroxylation is 1. The van der Waals surface area contributed by atoms with Crippen LogP contribution in [0.25, 0.3) is 0 Å². The van der Waals surface area contributed by atoms with Crippen LogP contribution in [0.5, 0.6) is 11.5 Å². The number of nitrogens with zero attached hydrogens (tertiary/aromatic N) is 1. The van der Waals surface area contributed by atoms with Gasteiger partial charge in [0.25, 0.3) is 0 Å². The summed E-state index contributed by atoms with van der Waals surface area (Å²) in [6.07, 6.45) is 6.04. The topological polar surface area (TPSA) is 47.9 Å². The first kappa shape index (κ1) is 15.9. The SMILES string of the molecule is CCc1cc(OC)c(OC)c(C2(N=C=O)CCCC2)c1Cl. The molecule has 1 saturated carbocycles. The van der Waals surface area contributed by atoms with Gasteiger partial charge in [-0.2, -0.15) is 4.99 Å². The van der Waals surface area contributed by atoms with E-state index in [0.29, 0.717) is 16.5 Å². The van der Waals surface area contributed by atoms with Crippen LogP contribution < -0.4 is 9.47 Å². The molecule has 1 fully saturated rings. The Labute approximate surface area is 130 Å². The number of ether oxygens (including phenoxy) is 2. The molecule has 4 nitrogen and oxygen atoms in total. The summed E-state index contributed by atoms with van der Waals surface area (Å²) in [6, 6.07) is 1.89. The summed E-state index contributed by atoms with van der Waals surface area (Å²) in [5.41, 5.74) is 1.10. The van der Waals surface area contributed by atoms with Crippen molar-refractivity contribution < 1.29 is 14.3 Å². The monoisotopic (exact) mass is 309 g/mol. The van der Waals surface area contributed by atoms with Gasteiger partial charge in [-0.15, -0.1) is 0 Å². The summed E-state index contributed by atoms with van der Waals surface area (Å²) in [6.45, 7) is 2.03. The maximum absolute atomic E-state index is 11.0. The van der Waals surface area contributed by atoms with E-state index in [1.54, 1.807) is 20.3 Å². The van der Waals surface area contributed by atoms with E-state index in [4.69, 9.17) is 21.1 Å². The summed E-state index contributed by atoms with van der Waals surface area (Å²) in [4.78, 5) is 15.1. The zero-order valence-electron chi connectivity index (χ0n) is 12.7. The van der Waals surface area contributed by atoms with Crippen LogP contribution in [0.15, 0.2) is 11.1 Å². The molecule has 0 spiro atoms. The fraction of sp³-hybridized carbons (Fsp3) is 0.562. The molecule has 0 aliphatic heterocycles. The van der Waals surface area contributed by atoms with Crippen LogP contribution in [-0.4, -0.2) is 20.3 Å². The van der Waals surface area contributed by atoms with Gasteiger partial charge in [0.1, 0.15) is 5.54 Å². The van der Waals surface area contributed by atoms with Crippen LogP contribution in [-0.2, 0) is 16.8 Å². The van der Waals surface area contributed by atoms with E-state index in [1.807, 2.05) is 13.0 Å². The lowest BCUT2D eigenvalue weighted by atomic mass is 9.86. The predicted octanol–water partition coefficient (Wildman–Crippen LogP) is 4.02. The molecule has 0 aromatic heterocycles. The van der Waals surface area contributed by atoms with Gasteiger partial charge < -0.3 is 9.47 Å². The number of aliphatic imine (C=N–C) groups is 1. The van der Waals surface area contributed by atoms with E-state index in [2.05, 4.69) is 4.99 Å². The second-order valence-electron chi connectivity index (χ2n) is 5.26. The second-order valence-corrected chi connectivity index (χ2v) is 5.63. The number of rotatable bonds is 5. The van der Waals surface area contributed by atoms with E-state index in [1.165, 1.54) is 0 Å². The minimum absolute atomic E-state index is 0.570. The van der Waals surface area contributed by atoms with Gasteiger partial charge in [-0.25, -0.2) is 4.79 Å². The molecule has 0 saturated heterocycles. The van der Waals surface area contributed by atoms with E-state index >= 15 is 0 Å². The lowest BCUT2D eigenvalue weighted by Gasteiger charge is -2.28. The van der Waals surface area contributed by atoms with Gasteiger partial charge in [-0.1, -0.05) is 31.4 Å². The van der Waals surface area contributed by atoms with Gasteiger partial charge in [0, 0.05) is 5.56 Å². The number of isocyanates is 1. The van der Waals surface area contributed by atoms with Crippen molar-refractivity contribution in [1.82, 2.24) is 0 Å². The molecule has 5 heteroatoms. The minimum atomic E-state index is -0.636. The van der Waals surface area contributed by atoms with E-state index in [9.17, 15) is 4.79 Å². The van der Waals surface area contributed by atoms with Gasteiger partial charge in [-0.3, -0.25) is 0 Å². The zero-order valence-corrected chi connectivity index (χ0v) is 13.4. The average Bonchev–Trinajstić information content (AvgIpc) is 2.96. The summed E-state index contributed by atoms with van der Waals surface area (Å²) in [5.74, 6) is 1.20. The third-order valence-electron chi connectivity index (χ3n) is 4.22. The highest BCUT2D eigenvalue weighted by molar-refractivity contribution is 6.32. The molecule has 1 aliphatic rings. The van der Waals surface area contributed by atoms with Crippen molar-refractivity contribution in [2.45, 2.75) is 44.6 Å². The first-order valence-electron chi connectivity index (χ1n) is 7.16. The highest BCUT2D eigenvalue weighted by Gasteiger charge is 2.41. The van der Waals surface area contributed by atoms with E-state index < -0.39 is 5.54 Å². The van der Waals surface area contributed by atoms with Crippen molar-refractivity contribution in [3.8, 4) is 11.5 Å². The van der Waals surface area contributed by atoms with Crippen LogP contribution in [0.1, 0.15) is 43.7 Å². The molecule has 0 bridgehead atoms. The fourth-order valence-electron chi connectivity index (χ4n) is 3.16. The lowest BCUT2D eigenvalue weighted by Crippen LogP contribution is -2.21. The molecule has 114 valence electrons. The van der Waals surface area contributed by atoms with Crippen LogP contribution in [0.4, 0.5) is 0 Å². The molecular weight excluding hydrogens is 290 g/mol. The Hall–Kier alpha value is -1.51. The van der Waals surface area contributed by atoms with Crippen LogP contribution in [0, 0.1) is 0 Å². The molecule has 0 radical (unpaired) electrons. The van der Waals surface area contributed by atoms with Gasteiger partial charge in [0.05, 0.1) is 19.2 Å². The molecule has 0 unspecified atom stereocenters. The van der Waals surface area contributed by atoms with Crippen LogP contribution in [0.3, 0.4) is 0 Å². The molecule has 1 aromatic rings. The summed E-state index contributed by atoms with van der Waals surface area (Å²) in [5, 5.41) is 0.621. The molecular formula is C16H20ClNO3. The molecule has 0 amide bonds. The highest BCUT2D eigenvalue weighted by Crippen LogP contribution is 2.52. The van der Waals surface area contributed by atoms with Gasteiger partial charge >= 0.3 is 0 Å². The van der Waals surface area contributed by atoms with E-state index in [0.717, 1.165) is 43.2 Å². The van der Waals surface area contributed by atoms with Crippen molar-refractivity contribution in [3.63, 3.8) is 0 Å². The number of methoxy groups -OCH3 is 2. The summed E-state index contributed by atoms with van der Waals surface area (Å²) in [7, 11) is 3.18. The fourth-order valence-corrected chi connectivity index (χ4v) is 3.61. The first-order chi connectivity index (χ1) is 10.1. The second kappa shape index (κ2) is 6.50. The third kappa shape index (κ3) is 2.66. The Morgan fingerprint density at radius 3 is 2.48 bits per heavy atom. The Kier molecular flexibility index (Phi) is 4.92. The maximum Gasteiger partial charge on any atom is 0.235 e. The standard InChI is InChI=1S/C16H20ClNO3/c1-4-11-9-12(20-2)15(21-3)13(14(11)17)16(18-10-19)7-5-6-8-16/h9H,4-8H2,1-3H3. The predicted molar refractivity (Wildman–Crippen MR) is 82.2 cm³/mol. The largest absolute Gasteiger partial charge is 0.493 e. The summed E-state index contributed by atoms with van der Waals surface area (Å²) < 4.78 is 11.0. The Balaban J connectivity index is 2.78. The normalized spacial score (nSPS) is 16.4. The molecule has 1 aromatic carbocycles. The number of carbonyl (C=O) groups excluding carboxylic acids is 1. The molecule has 0 N–H and O–H groups in total. The first-order valence-corrected chi connectivity index (χ1v) is 7.54. The van der Waals surface area contributed by atoms with Crippen molar-refractivity contribution >= 4 is 17.7 Å². The third-order valence-corrected chi connectivity index (χ3v) is 4.65. The highest BCUT2D eigenvalue weighted by atomic mass is 35.5. The average molecular weight is 310 g/mol. The maximum atomic E-state index is 11.0. The molecule has 0 heterocycles. The lowest BCUT2D eigenvalue weighted by molar-refractivity contribution is 0.337. The quantitative estimate of drug-likeness (QED) is 0.609. The Morgan fingerprint density at radius 1 is 1.33 bits per heavy atom. The van der Waals surface area contributed by atoms with E-state index in [-0.39, 0.29) is 0 Å². The number of benzene rings is 1. The summed E-state index contributed by atoms with van der Waals surface area (Å²) >= 11 is 6.60. The van der Waals surface area contributed by atoms with Crippen molar-refractivity contribution in [2.75, 3.05) is 14.2 Å². The van der Waals surface area contributed by atoms with Crippen LogP contribution >= 0.6 is 11.6 Å². The van der Waals surface area contributed by atoms with Gasteiger partial charge in [0.15, 0.2) is 11.5 Å². The van der Waals surface area contributed by atoms with Crippen LogP contribution in [0.2, 0.25) is 5.02 Å². The van der Waals surface area contributed by atoms with Crippen molar-refractivity contribution in [2.24, 2.45) is 4.99 Å². The Morgan fingerprint density at radius 2 is 2.00 bits per heavy atom. The molecule has 1 aliphatic carbocycles. The minimum Gasteiger partial charge on any atom is -0.493 e. The molecule has 2 rings (SSSR count). The number of hydrogen-bond acceptors (Lipinski definition) is 4.